The van der Waals surface area contributed by atoms with Crippen LogP contribution in [0.4, 0.5) is 13.2 Å². The Labute approximate surface area is 182 Å². The van der Waals surface area contributed by atoms with Gasteiger partial charge in [-0.3, -0.25) is 4.79 Å². The van der Waals surface area contributed by atoms with Crippen LogP contribution in [-0.2, 0) is 12.8 Å². The van der Waals surface area contributed by atoms with Crippen LogP contribution in [0.1, 0.15) is 28.5 Å². The zero-order valence-corrected chi connectivity index (χ0v) is 17.0. The molecule has 1 heterocycles. The van der Waals surface area contributed by atoms with E-state index < -0.39 is 11.7 Å². The number of ketones is 1. The molecule has 0 aliphatic carbocycles. The smallest absolute Gasteiger partial charge is 0.416 e. The standard InChI is InChI=1S/C25H18F3NO3/c1-16(30)19-8-5-9-21(14-19)31-15-22-23(17-6-3-2-4-7-17)32-24(29-22)18-10-12-20(13-11-18)25(26,27)28/h2-14H,15H2,1H3. The van der Waals surface area contributed by atoms with E-state index in [1.54, 1.807) is 24.3 Å². The van der Waals surface area contributed by atoms with Gasteiger partial charge in [-0.05, 0) is 43.3 Å². The van der Waals surface area contributed by atoms with E-state index in [9.17, 15) is 18.0 Å². The number of benzene rings is 3. The van der Waals surface area contributed by atoms with Crippen molar-refractivity contribution in [2.75, 3.05) is 0 Å². The van der Waals surface area contributed by atoms with Crippen LogP contribution >= 0.6 is 0 Å². The second kappa shape index (κ2) is 8.70. The molecule has 0 N–H and O–H groups in total. The Balaban J connectivity index is 1.66. The second-order valence-corrected chi connectivity index (χ2v) is 7.11. The van der Waals surface area contributed by atoms with Gasteiger partial charge in [0.1, 0.15) is 18.1 Å². The van der Waals surface area contributed by atoms with Gasteiger partial charge in [0, 0.05) is 16.7 Å². The lowest BCUT2D eigenvalue weighted by Gasteiger charge is -2.06. The van der Waals surface area contributed by atoms with Gasteiger partial charge in [0.2, 0.25) is 5.89 Å². The minimum Gasteiger partial charge on any atom is -0.487 e. The Morgan fingerprint density at radius 1 is 0.938 bits per heavy atom. The number of carbonyl (C=O) groups excluding carboxylic acids is 1. The molecule has 0 amide bonds. The number of halogens is 3. The largest absolute Gasteiger partial charge is 0.487 e. The molecule has 1 aromatic heterocycles. The predicted molar refractivity (Wildman–Crippen MR) is 113 cm³/mol. The molecule has 0 fully saturated rings. The zero-order valence-electron chi connectivity index (χ0n) is 17.0. The van der Waals surface area contributed by atoms with Gasteiger partial charge in [0.25, 0.3) is 0 Å². The summed E-state index contributed by atoms with van der Waals surface area (Å²) in [5.74, 6) is 1.07. The van der Waals surface area contributed by atoms with Crippen LogP contribution in [-0.4, -0.2) is 10.8 Å². The SMILES string of the molecule is CC(=O)c1cccc(OCc2nc(-c3ccc(C(F)(F)F)cc3)oc2-c2ccccc2)c1. The highest BCUT2D eigenvalue weighted by Gasteiger charge is 2.30. The Hall–Kier alpha value is -3.87. The van der Waals surface area contributed by atoms with Crippen molar-refractivity contribution >= 4 is 5.78 Å². The van der Waals surface area contributed by atoms with Gasteiger partial charge in [-0.15, -0.1) is 0 Å². The van der Waals surface area contributed by atoms with Gasteiger partial charge < -0.3 is 9.15 Å². The molecule has 0 radical (unpaired) electrons. The molecule has 0 bridgehead atoms. The summed E-state index contributed by atoms with van der Waals surface area (Å²) >= 11 is 0. The number of hydrogen-bond acceptors (Lipinski definition) is 4. The fourth-order valence-corrected chi connectivity index (χ4v) is 3.15. The summed E-state index contributed by atoms with van der Waals surface area (Å²) < 4.78 is 50.4. The summed E-state index contributed by atoms with van der Waals surface area (Å²) in [7, 11) is 0. The van der Waals surface area contributed by atoms with E-state index in [-0.39, 0.29) is 18.3 Å². The molecule has 3 aromatic carbocycles. The summed E-state index contributed by atoms with van der Waals surface area (Å²) in [6.07, 6.45) is -4.42. The topological polar surface area (TPSA) is 52.3 Å². The van der Waals surface area contributed by atoms with Crippen LogP contribution < -0.4 is 4.74 Å². The molecule has 32 heavy (non-hydrogen) atoms. The van der Waals surface area contributed by atoms with Gasteiger partial charge in [0.15, 0.2) is 11.5 Å². The maximum atomic E-state index is 12.9. The van der Waals surface area contributed by atoms with E-state index in [0.717, 1.165) is 17.7 Å². The number of Topliss-reactive ketones (excluding diaryl/α,β-unsaturated/α-hetero) is 1. The first-order chi connectivity index (χ1) is 15.3. The van der Waals surface area contributed by atoms with Gasteiger partial charge in [-0.1, -0.05) is 42.5 Å². The lowest BCUT2D eigenvalue weighted by molar-refractivity contribution is -0.137. The third-order valence-corrected chi connectivity index (χ3v) is 4.81. The highest BCUT2D eigenvalue weighted by atomic mass is 19.4. The van der Waals surface area contributed by atoms with Crippen LogP contribution in [0, 0.1) is 0 Å². The molecular formula is C25H18F3NO3. The van der Waals surface area contributed by atoms with Crippen molar-refractivity contribution in [3.63, 3.8) is 0 Å². The Morgan fingerprint density at radius 2 is 1.66 bits per heavy atom. The number of oxazole rings is 1. The van der Waals surface area contributed by atoms with Crippen LogP contribution in [0.3, 0.4) is 0 Å². The molecular weight excluding hydrogens is 419 g/mol. The number of nitrogens with zero attached hydrogens (tertiary/aromatic N) is 1. The minimum absolute atomic E-state index is 0.0513. The molecule has 4 aromatic rings. The van der Waals surface area contributed by atoms with Crippen molar-refractivity contribution in [1.82, 2.24) is 4.98 Å². The van der Waals surface area contributed by atoms with Crippen LogP contribution in [0.25, 0.3) is 22.8 Å². The first kappa shape index (κ1) is 21.4. The molecule has 0 saturated carbocycles. The van der Waals surface area contributed by atoms with E-state index in [1.807, 2.05) is 30.3 Å². The fraction of sp³-hybridized carbons (Fsp3) is 0.120. The van der Waals surface area contributed by atoms with Gasteiger partial charge in [0.05, 0.1) is 5.56 Å². The third kappa shape index (κ3) is 4.72. The van der Waals surface area contributed by atoms with Crippen molar-refractivity contribution in [1.29, 1.82) is 0 Å². The molecule has 4 nitrogen and oxygen atoms in total. The third-order valence-electron chi connectivity index (χ3n) is 4.81. The lowest BCUT2D eigenvalue weighted by atomic mass is 10.1. The molecule has 0 aliphatic rings. The Morgan fingerprint density at radius 3 is 2.31 bits per heavy atom. The van der Waals surface area contributed by atoms with Crippen LogP contribution in [0.15, 0.2) is 83.3 Å². The average molecular weight is 437 g/mol. The number of carbonyl (C=O) groups is 1. The maximum absolute atomic E-state index is 12.9. The monoisotopic (exact) mass is 437 g/mol. The van der Waals surface area contributed by atoms with Crippen LogP contribution in [0.2, 0.25) is 0 Å². The average Bonchev–Trinajstić information content (AvgIpc) is 3.22. The molecule has 162 valence electrons. The first-order valence-corrected chi connectivity index (χ1v) is 9.78. The summed E-state index contributed by atoms with van der Waals surface area (Å²) in [4.78, 5) is 16.1. The summed E-state index contributed by atoms with van der Waals surface area (Å²) in [6.45, 7) is 1.52. The molecule has 0 saturated heterocycles. The quantitative estimate of drug-likeness (QED) is 0.311. The van der Waals surface area contributed by atoms with Crippen molar-refractivity contribution < 1.29 is 27.1 Å². The lowest BCUT2D eigenvalue weighted by Crippen LogP contribution is -2.04. The van der Waals surface area contributed by atoms with E-state index >= 15 is 0 Å². The number of ether oxygens (including phenoxy) is 1. The number of rotatable bonds is 6. The summed E-state index contributed by atoms with van der Waals surface area (Å²) in [5, 5.41) is 0. The van der Waals surface area contributed by atoms with Crippen LogP contribution in [0.5, 0.6) is 5.75 Å². The highest BCUT2D eigenvalue weighted by Crippen LogP contribution is 2.33. The zero-order chi connectivity index (χ0) is 22.7. The maximum Gasteiger partial charge on any atom is 0.416 e. The van der Waals surface area contributed by atoms with E-state index in [4.69, 9.17) is 9.15 Å². The Kier molecular flexibility index (Phi) is 5.81. The second-order valence-electron chi connectivity index (χ2n) is 7.11. The molecule has 7 heteroatoms. The molecule has 4 rings (SSSR count). The van der Waals surface area contributed by atoms with E-state index in [0.29, 0.717) is 28.3 Å². The number of alkyl halides is 3. The summed E-state index contributed by atoms with van der Waals surface area (Å²) in [6, 6.07) is 20.7. The minimum atomic E-state index is -4.42. The van der Waals surface area contributed by atoms with Crippen molar-refractivity contribution in [2.24, 2.45) is 0 Å². The molecule has 0 spiro atoms. The summed E-state index contributed by atoms with van der Waals surface area (Å²) in [5.41, 5.74) is 1.44. The van der Waals surface area contributed by atoms with Crippen molar-refractivity contribution in [3.8, 4) is 28.5 Å². The van der Waals surface area contributed by atoms with Gasteiger partial charge >= 0.3 is 6.18 Å². The highest BCUT2D eigenvalue weighted by molar-refractivity contribution is 5.94. The molecule has 0 unspecified atom stereocenters. The number of aromatic nitrogens is 1. The first-order valence-electron chi connectivity index (χ1n) is 9.78. The normalized spacial score (nSPS) is 11.4. The van der Waals surface area contributed by atoms with E-state index in [2.05, 4.69) is 4.98 Å². The predicted octanol–water partition coefficient (Wildman–Crippen LogP) is 6.81. The number of hydrogen-bond donors (Lipinski definition) is 0. The molecule has 0 atom stereocenters. The Bertz CT molecular complexity index is 1230. The van der Waals surface area contributed by atoms with Crippen molar-refractivity contribution in [3.05, 3.63) is 95.7 Å². The fourth-order valence-electron chi connectivity index (χ4n) is 3.15. The molecule has 0 aliphatic heterocycles. The van der Waals surface area contributed by atoms with Crippen molar-refractivity contribution in [2.45, 2.75) is 19.7 Å². The van der Waals surface area contributed by atoms with E-state index in [1.165, 1.54) is 19.1 Å². The van der Waals surface area contributed by atoms with Gasteiger partial charge in [-0.2, -0.15) is 13.2 Å². The van der Waals surface area contributed by atoms with Gasteiger partial charge in [-0.25, -0.2) is 4.98 Å².